The van der Waals surface area contributed by atoms with Crippen molar-refractivity contribution in [1.29, 1.82) is 0 Å². The summed E-state index contributed by atoms with van der Waals surface area (Å²) in [4.78, 5) is 73.9. The molecule has 6 atom stereocenters. The van der Waals surface area contributed by atoms with Crippen molar-refractivity contribution in [3.8, 4) is 19.5 Å². The van der Waals surface area contributed by atoms with Crippen LogP contribution in [0.25, 0.3) is 69.9 Å². The maximum Gasteiger partial charge on any atom is 0.260 e. The second kappa shape index (κ2) is 33.2. The first-order chi connectivity index (χ1) is 46.7. The van der Waals surface area contributed by atoms with E-state index >= 15 is 0 Å². The molecule has 6 unspecified atom stereocenters. The molecule has 0 N–H and O–H groups in total. The number of amides is 4. The first-order valence-electron chi connectivity index (χ1n) is 38.0. The third-order valence-corrected chi connectivity index (χ3v) is 29.6. The van der Waals surface area contributed by atoms with Gasteiger partial charge in [0.1, 0.15) is 0 Å². The number of nitrogens with zero attached hydrogens (tertiary/aromatic N) is 4. The van der Waals surface area contributed by atoms with Crippen LogP contribution in [-0.4, -0.2) is 69.4 Å². The van der Waals surface area contributed by atoms with Gasteiger partial charge in [0.15, 0.2) is 0 Å². The second-order valence-electron chi connectivity index (χ2n) is 28.7. The molecule has 10 heterocycles. The standard InChI is InChI=1S/C82H110N4O4S6/c1-13-25-31-51(19-7)41-57-71-76(96-67-43-65(93-77(67)71)61-37-39-63(91-61)73-69-59(79(87)85(73)47-55(23-11)35-29-17-5)49-83(81(69)89)45-53(21-9)33-27-15-3)58(42-52(20-8)32-26-14-2)72-75(57)95-68-44-66(94-78(68)72)62-38-40-64(92-62)74-70-60(80(88)86(74)48-56(24-12)36-30-18-6)50-84(82(70)90)46-54(22-10)34-28-16-4/h37-40,43-44,49-56H,13-36,41-42,45-48H2,1-12H3. The first-order valence-corrected chi connectivity index (χ1v) is 42.9. The van der Waals surface area contributed by atoms with Crippen LogP contribution in [0.2, 0.25) is 0 Å². The van der Waals surface area contributed by atoms with Crippen molar-refractivity contribution in [3.05, 3.63) is 92.0 Å². The molecule has 4 aliphatic rings. The summed E-state index contributed by atoms with van der Waals surface area (Å²) < 4.78 is 8.48. The van der Waals surface area contributed by atoms with Crippen LogP contribution >= 0.6 is 68.0 Å². The molecule has 0 aliphatic carbocycles. The van der Waals surface area contributed by atoms with Crippen LogP contribution < -0.4 is 0 Å². The van der Waals surface area contributed by atoms with Crippen molar-refractivity contribution < 1.29 is 19.2 Å². The Morgan fingerprint density at radius 3 is 0.969 bits per heavy atom. The number of unbranched alkanes of at least 4 members (excludes halogenated alkanes) is 6. The van der Waals surface area contributed by atoms with E-state index in [-0.39, 0.29) is 23.6 Å². The smallest absolute Gasteiger partial charge is 0.260 e. The van der Waals surface area contributed by atoms with Gasteiger partial charge in [-0.2, -0.15) is 0 Å². The number of hydrogen-bond donors (Lipinski definition) is 0. The van der Waals surface area contributed by atoms with E-state index in [4.69, 9.17) is 0 Å². The molecule has 14 heteroatoms. The topological polar surface area (TPSA) is 81.2 Å². The SMILES string of the molecule is CCCCC(CC)Cc1c2sc3cc(-c4ccc(C5=C6C(=O)N(CC(CC)CCCC)C=C6C(=O)N5CC(CC)CCCC)s4)sc3c2c(CC(CC)CCCC)c2sc3cc(-c4ccc(C5=C6C(=O)N(CC(CC)CCCC)C=C6C(=O)N5CC(CC)CCCC)s4)sc3c12. The minimum absolute atomic E-state index is 0.0141. The lowest BCUT2D eigenvalue weighted by molar-refractivity contribution is -0.124. The van der Waals surface area contributed by atoms with Gasteiger partial charge in [-0.15, -0.1) is 68.0 Å². The Kier molecular flexibility index (Phi) is 25.1. The summed E-state index contributed by atoms with van der Waals surface area (Å²) in [6.07, 6.45) is 32.9. The molecule has 0 fully saturated rings. The van der Waals surface area contributed by atoms with Gasteiger partial charge in [-0.3, -0.25) is 19.2 Å². The molecular weight excluding hydrogens is 1300 g/mol. The molecule has 0 bridgehead atoms. The number of carbonyl (C=O) groups is 4. The highest BCUT2D eigenvalue weighted by atomic mass is 32.1. The summed E-state index contributed by atoms with van der Waals surface area (Å²) in [6, 6.07) is 13.9. The highest BCUT2D eigenvalue weighted by molar-refractivity contribution is 7.37. The molecule has 1 aromatic carbocycles. The predicted molar refractivity (Wildman–Crippen MR) is 419 cm³/mol. The number of fused-ring (bicyclic) bond motifs is 8. The molecule has 11 rings (SSSR count). The van der Waals surface area contributed by atoms with E-state index in [1.54, 1.807) is 22.7 Å². The molecule has 7 aromatic rings. The zero-order valence-electron chi connectivity index (χ0n) is 60.2. The van der Waals surface area contributed by atoms with Gasteiger partial charge in [0.05, 0.1) is 52.8 Å². The van der Waals surface area contributed by atoms with E-state index in [2.05, 4.69) is 119 Å². The number of carbonyl (C=O) groups excluding carboxylic acids is 4. The molecule has 6 aromatic heterocycles. The van der Waals surface area contributed by atoms with Gasteiger partial charge in [-0.25, -0.2) is 0 Å². The fourth-order valence-corrected chi connectivity index (χ4v) is 23.6. The third-order valence-electron chi connectivity index (χ3n) is 22.1. The van der Waals surface area contributed by atoms with Crippen LogP contribution in [0, 0.1) is 35.5 Å². The molecule has 8 nitrogen and oxygen atoms in total. The molecular formula is C82H110N4O4S6. The molecule has 0 spiro atoms. The number of thiophene rings is 6. The number of rotatable bonds is 40. The van der Waals surface area contributed by atoms with Gasteiger partial charge in [0.2, 0.25) is 0 Å². The van der Waals surface area contributed by atoms with Crippen molar-refractivity contribution >= 4 is 142 Å². The Labute approximate surface area is 599 Å². The molecule has 518 valence electrons. The minimum Gasteiger partial charge on any atom is -0.314 e. The van der Waals surface area contributed by atoms with E-state index in [9.17, 15) is 19.2 Å². The Bertz CT molecular complexity index is 3780. The van der Waals surface area contributed by atoms with Gasteiger partial charge in [0, 0.05) is 87.7 Å². The fourth-order valence-electron chi connectivity index (χ4n) is 15.8. The zero-order chi connectivity index (χ0) is 67.9. The summed E-state index contributed by atoms with van der Waals surface area (Å²) >= 11 is 11.5. The van der Waals surface area contributed by atoms with Crippen LogP contribution in [0.3, 0.4) is 0 Å². The fraction of sp³-hybridized carbons (Fsp3) is 0.585. The van der Waals surface area contributed by atoms with Crippen molar-refractivity contribution in [2.45, 2.75) is 250 Å². The third kappa shape index (κ3) is 14.7. The maximum absolute atomic E-state index is 14.8. The zero-order valence-corrected chi connectivity index (χ0v) is 65.1. The highest BCUT2D eigenvalue weighted by Crippen LogP contribution is 2.56. The number of benzene rings is 1. The summed E-state index contributed by atoms with van der Waals surface area (Å²) in [7, 11) is 0. The molecule has 96 heavy (non-hydrogen) atoms. The Morgan fingerprint density at radius 2 is 0.646 bits per heavy atom. The Morgan fingerprint density at radius 1 is 0.333 bits per heavy atom. The van der Waals surface area contributed by atoms with Gasteiger partial charge in [-0.05, 0) is 122 Å². The van der Waals surface area contributed by atoms with Crippen LogP contribution in [-0.2, 0) is 32.0 Å². The lowest BCUT2D eigenvalue weighted by Crippen LogP contribution is -2.32. The molecule has 0 saturated carbocycles. The van der Waals surface area contributed by atoms with E-state index in [0.29, 0.717) is 84.0 Å². The molecule has 4 amide bonds. The Balaban J connectivity index is 1.02. The van der Waals surface area contributed by atoms with Crippen molar-refractivity contribution in [2.75, 3.05) is 26.2 Å². The minimum atomic E-state index is -0.0141. The van der Waals surface area contributed by atoms with Crippen LogP contribution in [0.4, 0.5) is 0 Å². The number of hydrogen-bond acceptors (Lipinski definition) is 10. The average Bonchev–Trinajstić information content (AvgIpc) is 1.56. The summed E-state index contributed by atoms with van der Waals surface area (Å²) in [5, 5.41) is 2.97. The molecule has 4 aliphatic heterocycles. The van der Waals surface area contributed by atoms with Crippen LogP contribution in [0.15, 0.2) is 71.1 Å². The normalized spacial score (nSPS) is 17.2. The van der Waals surface area contributed by atoms with Crippen LogP contribution in [0.1, 0.15) is 258 Å². The van der Waals surface area contributed by atoms with E-state index in [1.807, 2.05) is 77.3 Å². The maximum atomic E-state index is 14.8. The largest absolute Gasteiger partial charge is 0.314 e. The van der Waals surface area contributed by atoms with Crippen LogP contribution in [0.5, 0.6) is 0 Å². The van der Waals surface area contributed by atoms with E-state index < -0.39 is 0 Å². The van der Waals surface area contributed by atoms with E-state index in [0.717, 1.165) is 150 Å². The van der Waals surface area contributed by atoms with Gasteiger partial charge in [0.25, 0.3) is 23.6 Å². The van der Waals surface area contributed by atoms with Crippen molar-refractivity contribution in [3.63, 3.8) is 0 Å². The van der Waals surface area contributed by atoms with Gasteiger partial charge in [-0.1, -0.05) is 212 Å². The Hall–Kier alpha value is -4.70. The average molecular weight is 1410 g/mol. The van der Waals surface area contributed by atoms with Crippen molar-refractivity contribution in [1.82, 2.24) is 19.6 Å². The quantitative estimate of drug-likeness (QED) is 0.0383. The summed E-state index contributed by atoms with van der Waals surface area (Å²) in [5.74, 6) is 2.61. The highest BCUT2D eigenvalue weighted by Gasteiger charge is 2.48. The second-order valence-corrected chi connectivity index (χ2v) is 35.1. The molecule has 0 radical (unpaired) electrons. The van der Waals surface area contributed by atoms with E-state index in [1.165, 1.54) is 108 Å². The lowest BCUT2D eigenvalue weighted by Gasteiger charge is -2.27. The predicted octanol–water partition coefficient (Wildman–Crippen LogP) is 24.9. The summed E-state index contributed by atoms with van der Waals surface area (Å²) in [5.41, 5.74) is 7.11. The first kappa shape index (κ1) is 72.5. The molecule has 0 saturated heterocycles. The van der Waals surface area contributed by atoms with Gasteiger partial charge >= 0.3 is 0 Å². The van der Waals surface area contributed by atoms with Crippen molar-refractivity contribution in [2.24, 2.45) is 35.5 Å². The monoisotopic (exact) mass is 1410 g/mol. The summed E-state index contributed by atoms with van der Waals surface area (Å²) in [6.45, 7) is 30.0. The lowest BCUT2D eigenvalue weighted by atomic mass is 9.86. The van der Waals surface area contributed by atoms with Gasteiger partial charge < -0.3 is 19.6 Å².